The summed E-state index contributed by atoms with van der Waals surface area (Å²) in [6.07, 6.45) is 2.47. The first kappa shape index (κ1) is 30.8. The van der Waals surface area contributed by atoms with Crippen molar-refractivity contribution >= 4 is 29.6 Å². The molecular weight excluding hydrogens is 504 g/mol. The van der Waals surface area contributed by atoms with Crippen LogP contribution in [0, 0.1) is 12.8 Å². The molecule has 1 unspecified atom stereocenters. The zero-order chi connectivity index (χ0) is 28.8. The van der Waals surface area contributed by atoms with Gasteiger partial charge in [0.15, 0.2) is 0 Å². The van der Waals surface area contributed by atoms with Crippen LogP contribution in [0.2, 0.25) is 0 Å². The number of carbonyl (C=O) groups excluding carboxylic acids is 3. The Balaban J connectivity index is 2.11. The Bertz CT molecular complexity index is 1220. The average molecular weight is 541 g/mol. The van der Waals surface area contributed by atoms with E-state index in [1.54, 1.807) is 37.3 Å². The lowest BCUT2D eigenvalue weighted by Gasteiger charge is -2.18. The summed E-state index contributed by atoms with van der Waals surface area (Å²) in [4.78, 5) is 61.7. The maximum Gasteiger partial charge on any atom is 0.408 e. The summed E-state index contributed by atoms with van der Waals surface area (Å²) in [5.74, 6) is -1.73. The van der Waals surface area contributed by atoms with E-state index < -0.39 is 29.6 Å². The minimum absolute atomic E-state index is 0.0121. The van der Waals surface area contributed by atoms with E-state index in [2.05, 4.69) is 16.0 Å². The zero-order valence-electron chi connectivity index (χ0n) is 22.4. The number of aryl methyl sites for hydroxylation is 1. The highest BCUT2D eigenvalue weighted by Gasteiger charge is 2.23. The molecule has 11 nitrogen and oxygen atoms in total. The monoisotopic (exact) mass is 540 g/mol. The van der Waals surface area contributed by atoms with Crippen molar-refractivity contribution in [2.45, 2.75) is 59.2 Å². The Labute approximate surface area is 227 Å². The summed E-state index contributed by atoms with van der Waals surface area (Å²) in [5.41, 5.74) is 0.658. The molecule has 11 heteroatoms. The van der Waals surface area contributed by atoms with Crippen LogP contribution in [0.1, 0.15) is 44.4 Å². The van der Waals surface area contributed by atoms with Crippen LogP contribution in [0.3, 0.4) is 0 Å². The minimum atomic E-state index is -1.14. The summed E-state index contributed by atoms with van der Waals surface area (Å²) in [6.45, 7) is 6.03. The van der Waals surface area contributed by atoms with Crippen molar-refractivity contribution in [3.8, 4) is 0 Å². The summed E-state index contributed by atoms with van der Waals surface area (Å²) >= 11 is 0. The lowest BCUT2D eigenvalue weighted by molar-refractivity contribution is -0.131. The van der Waals surface area contributed by atoms with Crippen molar-refractivity contribution in [1.29, 1.82) is 0 Å². The molecule has 0 spiro atoms. The van der Waals surface area contributed by atoms with Crippen LogP contribution in [0.25, 0.3) is 0 Å². The van der Waals surface area contributed by atoms with Crippen LogP contribution in [-0.4, -0.2) is 46.1 Å². The number of pyridine rings is 1. The quantitative estimate of drug-likeness (QED) is 0.268. The van der Waals surface area contributed by atoms with Gasteiger partial charge in [0, 0.05) is 18.3 Å². The molecule has 0 aliphatic rings. The number of benzene rings is 1. The molecule has 2 rings (SSSR count). The lowest BCUT2D eigenvalue weighted by Crippen LogP contribution is -2.45. The molecule has 1 aromatic heterocycles. The number of nitrogens with zero attached hydrogens (tertiary/aromatic N) is 1. The van der Waals surface area contributed by atoms with Crippen LogP contribution in [0.5, 0.6) is 0 Å². The zero-order valence-corrected chi connectivity index (χ0v) is 22.4. The Hall–Kier alpha value is -4.41. The molecule has 1 heterocycles. The predicted molar refractivity (Wildman–Crippen MR) is 146 cm³/mol. The van der Waals surface area contributed by atoms with Crippen molar-refractivity contribution < 1.29 is 29.0 Å². The normalized spacial score (nSPS) is 11.7. The number of alkyl carbamates (subject to hydrolysis) is 1. The average Bonchev–Trinajstić information content (AvgIpc) is 2.89. The van der Waals surface area contributed by atoms with E-state index in [4.69, 9.17) is 9.84 Å². The second-order valence-electron chi connectivity index (χ2n) is 9.38. The number of carboxylic acid groups (broad SMARTS) is 1. The summed E-state index contributed by atoms with van der Waals surface area (Å²) in [7, 11) is 0. The molecule has 39 heavy (non-hydrogen) atoms. The van der Waals surface area contributed by atoms with Gasteiger partial charge < -0.3 is 30.4 Å². The highest BCUT2D eigenvalue weighted by atomic mass is 16.5. The van der Waals surface area contributed by atoms with Crippen molar-refractivity contribution in [2.75, 3.05) is 11.9 Å². The summed E-state index contributed by atoms with van der Waals surface area (Å²) in [5, 5.41) is 16.6. The van der Waals surface area contributed by atoms with Crippen LogP contribution >= 0.6 is 0 Å². The number of hydrogen-bond donors (Lipinski definition) is 4. The Morgan fingerprint density at radius 3 is 2.44 bits per heavy atom. The van der Waals surface area contributed by atoms with E-state index in [9.17, 15) is 24.0 Å². The maximum atomic E-state index is 13.1. The second-order valence-corrected chi connectivity index (χ2v) is 9.38. The third-order valence-corrected chi connectivity index (χ3v) is 5.70. The summed E-state index contributed by atoms with van der Waals surface area (Å²) < 4.78 is 6.46. The topological polar surface area (TPSA) is 156 Å². The van der Waals surface area contributed by atoms with Gasteiger partial charge in [0.25, 0.3) is 5.56 Å². The smallest absolute Gasteiger partial charge is 0.408 e. The van der Waals surface area contributed by atoms with E-state index >= 15 is 0 Å². The number of hydrogen-bond acceptors (Lipinski definition) is 6. The SMILES string of the molecule is Cc1ccc(NC(=O)C(CCC=CC(=O)O)NC(=O)OCc2ccccc2)c(=O)n1CC(=O)NCCC(C)C. The molecule has 2 aromatic rings. The van der Waals surface area contributed by atoms with Gasteiger partial charge in [-0.25, -0.2) is 9.59 Å². The predicted octanol–water partition coefficient (Wildman–Crippen LogP) is 2.97. The van der Waals surface area contributed by atoms with Gasteiger partial charge >= 0.3 is 12.1 Å². The molecule has 0 radical (unpaired) electrons. The Kier molecular flexibility index (Phi) is 12.4. The van der Waals surface area contributed by atoms with Crippen LogP contribution in [0.15, 0.2) is 59.4 Å². The lowest BCUT2D eigenvalue weighted by atomic mass is 10.1. The highest BCUT2D eigenvalue weighted by Crippen LogP contribution is 2.08. The first-order chi connectivity index (χ1) is 18.6. The third-order valence-electron chi connectivity index (χ3n) is 5.70. The van der Waals surface area contributed by atoms with Gasteiger partial charge in [-0.2, -0.15) is 0 Å². The van der Waals surface area contributed by atoms with Crippen LogP contribution in [-0.2, 0) is 32.3 Å². The number of allylic oxidation sites excluding steroid dienone is 1. The van der Waals surface area contributed by atoms with E-state index in [0.717, 1.165) is 18.1 Å². The summed E-state index contributed by atoms with van der Waals surface area (Å²) in [6, 6.07) is 10.9. The van der Waals surface area contributed by atoms with Gasteiger partial charge in [0.2, 0.25) is 11.8 Å². The van der Waals surface area contributed by atoms with E-state index in [1.165, 1.54) is 16.7 Å². The molecule has 0 bridgehead atoms. The Morgan fingerprint density at radius 2 is 1.77 bits per heavy atom. The van der Waals surface area contributed by atoms with E-state index in [-0.39, 0.29) is 37.6 Å². The van der Waals surface area contributed by atoms with Crippen molar-refractivity contribution in [3.05, 3.63) is 76.2 Å². The number of aromatic nitrogens is 1. The fraction of sp³-hybridized carbons (Fsp3) is 0.393. The molecule has 4 N–H and O–H groups in total. The number of nitrogens with one attached hydrogen (secondary N) is 3. The third kappa shape index (κ3) is 11.2. The second kappa shape index (κ2) is 15.8. The number of aliphatic carboxylic acids is 1. The molecule has 210 valence electrons. The van der Waals surface area contributed by atoms with E-state index in [0.29, 0.717) is 18.2 Å². The number of amides is 3. The molecular formula is C28H36N4O7. The van der Waals surface area contributed by atoms with Crippen molar-refractivity contribution in [1.82, 2.24) is 15.2 Å². The standard InChI is InChI=1S/C28H36N4O7/c1-19(2)15-16-29-24(33)17-32-20(3)13-14-23(27(32)37)30-26(36)22(11-7-8-12-25(34)35)31-28(38)39-18-21-9-5-4-6-10-21/h4-6,8-10,12-14,19,22H,7,11,15-18H2,1-3H3,(H,29,33)(H,30,36)(H,31,38)(H,34,35). The number of anilines is 1. The number of rotatable bonds is 14. The molecule has 0 fully saturated rings. The largest absolute Gasteiger partial charge is 0.478 e. The van der Waals surface area contributed by atoms with Crippen LogP contribution < -0.4 is 21.5 Å². The van der Waals surface area contributed by atoms with Crippen molar-refractivity contribution in [2.24, 2.45) is 5.92 Å². The molecule has 0 aliphatic carbocycles. The van der Waals surface area contributed by atoms with Crippen LogP contribution in [0.4, 0.5) is 10.5 Å². The number of carboxylic acids is 1. The molecule has 0 saturated carbocycles. The highest BCUT2D eigenvalue weighted by molar-refractivity contribution is 5.96. The van der Waals surface area contributed by atoms with Gasteiger partial charge in [-0.1, -0.05) is 50.3 Å². The van der Waals surface area contributed by atoms with Gasteiger partial charge in [-0.05, 0) is 49.8 Å². The maximum absolute atomic E-state index is 13.1. The molecule has 0 aliphatic heterocycles. The van der Waals surface area contributed by atoms with Gasteiger partial charge in [-0.15, -0.1) is 0 Å². The molecule has 1 atom stereocenters. The molecule has 0 saturated heterocycles. The van der Waals surface area contributed by atoms with Gasteiger partial charge in [0.1, 0.15) is 24.9 Å². The first-order valence-electron chi connectivity index (χ1n) is 12.7. The number of carbonyl (C=O) groups is 4. The van der Waals surface area contributed by atoms with Gasteiger partial charge in [0.05, 0.1) is 0 Å². The molecule has 1 aromatic carbocycles. The minimum Gasteiger partial charge on any atom is -0.478 e. The number of ether oxygens (including phenoxy) is 1. The fourth-order valence-corrected chi connectivity index (χ4v) is 3.50. The van der Waals surface area contributed by atoms with Gasteiger partial charge in [-0.3, -0.25) is 14.4 Å². The first-order valence-corrected chi connectivity index (χ1v) is 12.7. The van der Waals surface area contributed by atoms with Crippen molar-refractivity contribution in [3.63, 3.8) is 0 Å². The molecule has 3 amide bonds. The fourth-order valence-electron chi connectivity index (χ4n) is 3.50. The van der Waals surface area contributed by atoms with E-state index in [1.807, 2.05) is 19.9 Å². The Morgan fingerprint density at radius 1 is 1.05 bits per heavy atom.